The molecule has 1 aliphatic heterocycles. The molecule has 0 spiro atoms. The summed E-state index contributed by atoms with van der Waals surface area (Å²) in [5, 5.41) is 3.02. The maximum Gasteiger partial charge on any atom is 0.243 e. The molecule has 1 N–H and O–H groups in total. The Morgan fingerprint density at radius 1 is 1.14 bits per heavy atom. The topological polar surface area (TPSA) is 32.3 Å². The maximum atomic E-state index is 12.4. The Morgan fingerprint density at radius 2 is 1.86 bits per heavy atom. The second kappa shape index (κ2) is 6.22. The average molecular weight is 294 g/mol. The van der Waals surface area contributed by atoms with E-state index in [1.165, 1.54) is 22.4 Å². The van der Waals surface area contributed by atoms with Gasteiger partial charge in [-0.15, -0.1) is 0 Å². The van der Waals surface area contributed by atoms with Gasteiger partial charge in [0.1, 0.15) is 0 Å². The van der Waals surface area contributed by atoms with Gasteiger partial charge >= 0.3 is 0 Å². The number of fused-ring (bicyclic) bond motifs is 1. The molecule has 0 unspecified atom stereocenters. The van der Waals surface area contributed by atoms with Crippen LogP contribution in [0, 0.1) is 13.8 Å². The Kier molecular flexibility index (Phi) is 4.14. The zero-order chi connectivity index (χ0) is 15.5. The predicted molar refractivity (Wildman–Crippen MR) is 91.5 cm³/mol. The van der Waals surface area contributed by atoms with Crippen LogP contribution in [0.25, 0.3) is 0 Å². The van der Waals surface area contributed by atoms with Crippen molar-refractivity contribution in [1.29, 1.82) is 0 Å². The summed E-state index contributed by atoms with van der Waals surface area (Å²) in [6.45, 7) is 5.44. The molecule has 3 heteroatoms. The van der Waals surface area contributed by atoms with Crippen LogP contribution in [0.1, 0.15) is 23.1 Å². The summed E-state index contributed by atoms with van der Waals surface area (Å²) < 4.78 is 0. The summed E-state index contributed by atoms with van der Waals surface area (Å²) in [6.07, 6.45) is 2.21. The van der Waals surface area contributed by atoms with Gasteiger partial charge in [-0.3, -0.25) is 4.79 Å². The van der Waals surface area contributed by atoms with Crippen molar-refractivity contribution in [3.8, 4) is 0 Å². The quantitative estimate of drug-likeness (QED) is 0.936. The van der Waals surface area contributed by atoms with Crippen LogP contribution in [0.5, 0.6) is 0 Å². The summed E-state index contributed by atoms with van der Waals surface area (Å²) in [6, 6.07) is 14.5. The minimum absolute atomic E-state index is 0.0432. The van der Waals surface area contributed by atoms with Crippen molar-refractivity contribution in [2.45, 2.75) is 26.7 Å². The molecular formula is C19H22N2O. The molecule has 2 aromatic carbocycles. The Morgan fingerprint density at radius 3 is 2.64 bits per heavy atom. The molecule has 1 aliphatic rings. The van der Waals surface area contributed by atoms with Gasteiger partial charge in [0.15, 0.2) is 0 Å². The second-order valence-corrected chi connectivity index (χ2v) is 6.08. The summed E-state index contributed by atoms with van der Waals surface area (Å²) in [5.41, 5.74) is 5.75. The van der Waals surface area contributed by atoms with E-state index in [4.69, 9.17) is 0 Å². The van der Waals surface area contributed by atoms with Crippen LogP contribution >= 0.6 is 0 Å². The third kappa shape index (κ3) is 3.30. The summed E-state index contributed by atoms with van der Waals surface area (Å²) in [5.74, 6) is 0.0432. The number of anilines is 2. The lowest BCUT2D eigenvalue weighted by molar-refractivity contribution is -0.115. The van der Waals surface area contributed by atoms with Crippen LogP contribution in [-0.4, -0.2) is 19.0 Å². The highest BCUT2D eigenvalue weighted by Crippen LogP contribution is 2.26. The van der Waals surface area contributed by atoms with Crippen molar-refractivity contribution < 1.29 is 4.79 Å². The number of aryl methyl sites for hydroxylation is 3. The van der Waals surface area contributed by atoms with E-state index in [1.807, 2.05) is 32.0 Å². The molecule has 1 heterocycles. The van der Waals surface area contributed by atoms with Crippen LogP contribution < -0.4 is 10.2 Å². The summed E-state index contributed by atoms with van der Waals surface area (Å²) >= 11 is 0. The zero-order valence-corrected chi connectivity index (χ0v) is 13.2. The Balaban J connectivity index is 1.70. The monoisotopic (exact) mass is 294 g/mol. The predicted octanol–water partition coefficient (Wildman–Crippen LogP) is 3.69. The fourth-order valence-electron chi connectivity index (χ4n) is 3.20. The number of para-hydroxylation sites is 1. The van der Waals surface area contributed by atoms with Gasteiger partial charge in [-0.25, -0.2) is 0 Å². The summed E-state index contributed by atoms with van der Waals surface area (Å²) in [7, 11) is 0. The highest BCUT2D eigenvalue weighted by molar-refractivity contribution is 5.94. The molecule has 0 aliphatic carbocycles. The van der Waals surface area contributed by atoms with Gasteiger partial charge in [-0.2, -0.15) is 0 Å². The smallest absolute Gasteiger partial charge is 0.243 e. The van der Waals surface area contributed by atoms with E-state index in [0.717, 1.165) is 25.1 Å². The van der Waals surface area contributed by atoms with Crippen LogP contribution in [-0.2, 0) is 11.2 Å². The molecule has 1 amide bonds. The van der Waals surface area contributed by atoms with Crippen molar-refractivity contribution in [3.05, 3.63) is 59.2 Å². The first-order chi connectivity index (χ1) is 10.6. The lowest BCUT2D eigenvalue weighted by Gasteiger charge is -2.30. The lowest BCUT2D eigenvalue weighted by Crippen LogP contribution is -2.36. The van der Waals surface area contributed by atoms with Crippen molar-refractivity contribution in [3.63, 3.8) is 0 Å². The number of rotatable bonds is 3. The van der Waals surface area contributed by atoms with E-state index in [2.05, 4.69) is 34.5 Å². The van der Waals surface area contributed by atoms with Crippen LogP contribution in [0.15, 0.2) is 42.5 Å². The number of nitrogens with zero attached hydrogens (tertiary/aromatic N) is 1. The first kappa shape index (κ1) is 14.6. The molecule has 3 rings (SSSR count). The van der Waals surface area contributed by atoms with E-state index in [9.17, 15) is 4.79 Å². The molecule has 0 saturated carbocycles. The molecule has 114 valence electrons. The third-order valence-corrected chi connectivity index (χ3v) is 4.05. The molecular weight excluding hydrogens is 272 g/mol. The molecule has 0 aromatic heterocycles. The molecule has 0 saturated heterocycles. The van der Waals surface area contributed by atoms with Crippen molar-refractivity contribution in [1.82, 2.24) is 0 Å². The third-order valence-electron chi connectivity index (χ3n) is 4.05. The fourth-order valence-corrected chi connectivity index (χ4v) is 3.20. The molecule has 0 bridgehead atoms. The molecule has 0 fully saturated rings. The van der Waals surface area contributed by atoms with Crippen molar-refractivity contribution in [2.75, 3.05) is 23.3 Å². The van der Waals surface area contributed by atoms with Crippen LogP contribution in [0.2, 0.25) is 0 Å². The minimum Gasteiger partial charge on any atom is -0.362 e. The Hall–Kier alpha value is -2.29. The van der Waals surface area contributed by atoms with Gasteiger partial charge in [-0.05, 0) is 61.6 Å². The van der Waals surface area contributed by atoms with E-state index in [-0.39, 0.29) is 5.91 Å². The van der Waals surface area contributed by atoms with Gasteiger partial charge < -0.3 is 10.2 Å². The van der Waals surface area contributed by atoms with Crippen molar-refractivity contribution in [2.24, 2.45) is 0 Å². The van der Waals surface area contributed by atoms with E-state index in [0.29, 0.717) is 6.54 Å². The van der Waals surface area contributed by atoms with Gasteiger partial charge in [0, 0.05) is 17.9 Å². The molecule has 0 atom stereocenters. The largest absolute Gasteiger partial charge is 0.362 e. The number of carbonyl (C=O) groups excluding carboxylic acids is 1. The van der Waals surface area contributed by atoms with Gasteiger partial charge in [0.05, 0.1) is 6.54 Å². The second-order valence-electron chi connectivity index (χ2n) is 6.08. The minimum atomic E-state index is 0.0432. The van der Waals surface area contributed by atoms with Crippen LogP contribution in [0.3, 0.4) is 0 Å². The Bertz CT molecular complexity index is 673. The number of hydrogen-bond donors (Lipinski definition) is 1. The number of nitrogens with one attached hydrogen (secondary N) is 1. The number of benzene rings is 2. The average Bonchev–Trinajstić information content (AvgIpc) is 2.46. The highest BCUT2D eigenvalue weighted by Gasteiger charge is 2.18. The molecule has 3 nitrogen and oxygen atoms in total. The highest BCUT2D eigenvalue weighted by atomic mass is 16.2. The van der Waals surface area contributed by atoms with Gasteiger partial charge in [0.2, 0.25) is 5.91 Å². The van der Waals surface area contributed by atoms with Crippen LogP contribution in [0.4, 0.5) is 11.4 Å². The zero-order valence-electron chi connectivity index (χ0n) is 13.2. The molecule has 22 heavy (non-hydrogen) atoms. The SMILES string of the molecule is Cc1cc(C)cc(NC(=O)CN2CCCc3ccccc32)c1. The summed E-state index contributed by atoms with van der Waals surface area (Å²) in [4.78, 5) is 14.5. The Labute approximate surface area is 132 Å². The standard InChI is InChI=1S/C19H22N2O/c1-14-10-15(2)12-17(11-14)20-19(22)13-21-9-5-7-16-6-3-4-8-18(16)21/h3-4,6,8,10-12H,5,7,9,13H2,1-2H3,(H,20,22). The van der Waals surface area contributed by atoms with Gasteiger partial charge in [0.25, 0.3) is 0 Å². The first-order valence-electron chi connectivity index (χ1n) is 7.83. The number of hydrogen-bond acceptors (Lipinski definition) is 2. The molecule has 0 radical (unpaired) electrons. The van der Waals surface area contributed by atoms with E-state index < -0.39 is 0 Å². The lowest BCUT2D eigenvalue weighted by atomic mass is 10.0. The first-order valence-corrected chi connectivity index (χ1v) is 7.83. The van der Waals surface area contributed by atoms with Gasteiger partial charge in [-0.1, -0.05) is 24.3 Å². The number of carbonyl (C=O) groups is 1. The van der Waals surface area contributed by atoms with Crippen molar-refractivity contribution >= 4 is 17.3 Å². The fraction of sp³-hybridized carbons (Fsp3) is 0.316. The molecule has 2 aromatic rings. The van der Waals surface area contributed by atoms with E-state index >= 15 is 0 Å². The number of amides is 1. The van der Waals surface area contributed by atoms with E-state index in [1.54, 1.807) is 0 Å². The normalized spacial score (nSPS) is 13.6. The maximum absolute atomic E-state index is 12.4.